The summed E-state index contributed by atoms with van der Waals surface area (Å²) in [4.78, 5) is 12.7. The zero-order valence-corrected chi connectivity index (χ0v) is 40.4. The lowest BCUT2D eigenvalue weighted by Crippen LogP contribution is -2.75. The van der Waals surface area contributed by atoms with E-state index in [9.17, 15) is 110 Å². The van der Waals surface area contributed by atoms with Crippen molar-refractivity contribution in [1.29, 1.82) is 0 Å². The Labute approximate surface area is 445 Å². The number of pyridine rings is 1. The number of halogens is 24. The number of nitrogens with zero attached hydrogens (tertiary/aromatic N) is 1. The quantitative estimate of drug-likeness (QED) is 0.0643. The second-order valence-corrected chi connectivity index (χ2v) is 18.3. The van der Waals surface area contributed by atoms with Crippen LogP contribution in [-0.4, -0.2) is 11.9 Å². The van der Waals surface area contributed by atoms with Crippen molar-refractivity contribution in [2.75, 3.05) is 0 Å². The van der Waals surface area contributed by atoms with Crippen LogP contribution in [-0.2, 0) is 56.0 Å². The standard InChI is InChI=1S/C32H12BF24.C23H18NO/c34-25(35,36)13-1-14(26(37,38)39)6-21(5-13)33(22-7-15(27(40,41)42)2-16(8-22)28(43,44)45,23-9-17(29(46,47)48)3-18(10-23)30(49,50)51)24-11-19(31(52,53)54)4-20(12-24)32(55,56)57;25-22(19-10-3-1-4-11-19)17-24-16-15-18-9-7-8-14-21(18)23(24)20-12-5-2-6-13-20/h1-12H;1-16H,17H2/q-1;+1. The van der Waals surface area contributed by atoms with Crippen molar-refractivity contribution in [3.05, 3.63) is 220 Å². The fourth-order valence-electron chi connectivity index (χ4n) is 9.25. The van der Waals surface area contributed by atoms with Crippen LogP contribution >= 0.6 is 0 Å². The molecule has 0 aliphatic heterocycles. The second-order valence-electron chi connectivity index (χ2n) is 18.3. The molecule has 82 heavy (non-hydrogen) atoms. The SMILES string of the molecule is FC(F)(F)c1cc([B-](c2cc(C(F)(F)F)cc(C(F)(F)F)c2)(c2cc(C(F)(F)F)cc(C(F)(F)F)c2)c2cc(C(F)(F)F)cc(C(F)(F)F)c2)cc(C(F)(F)F)c1.O=C(C[n+]1ccc2ccccc2c1-c1ccccc1)c1ccccc1. The maximum atomic E-state index is 14.2. The number of benzene rings is 7. The topological polar surface area (TPSA) is 20.9 Å². The van der Waals surface area contributed by atoms with Gasteiger partial charge in [0.25, 0.3) is 0 Å². The highest BCUT2D eigenvalue weighted by atomic mass is 19.4. The molecule has 0 unspecified atom stereocenters. The third kappa shape index (κ3) is 13.5. The van der Waals surface area contributed by atoms with Crippen molar-refractivity contribution in [2.45, 2.75) is 56.0 Å². The van der Waals surface area contributed by atoms with Gasteiger partial charge in [-0.2, -0.15) is 132 Å². The van der Waals surface area contributed by atoms with Gasteiger partial charge in [-0.15, -0.1) is 0 Å². The van der Waals surface area contributed by atoms with E-state index < -0.39 is 195 Å². The van der Waals surface area contributed by atoms with Gasteiger partial charge in [0.15, 0.2) is 6.20 Å². The maximum Gasteiger partial charge on any atom is 0.416 e. The zero-order valence-electron chi connectivity index (χ0n) is 40.4. The van der Waals surface area contributed by atoms with Crippen LogP contribution in [0.2, 0.25) is 0 Å². The predicted molar refractivity (Wildman–Crippen MR) is 250 cm³/mol. The van der Waals surface area contributed by atoms with Gasteiger partial charge in [-0.25, -0.2) is 0 Å². The van der Waals surface area contributed by atoms with E-state index in [2.05, 4.69) is 30.3 Å². The number of ketones is 1. The van der Waals surface area contributed by atoms with Gasteiger partial charge < -0.3 is 0 Å². The number of Topliss-reactive ketones (excluding diaryl/α,β-unsaturated/α-hetero) is 1. The van der Waals surface area contributed by atoms with Gasteiger partial charge in [0, 0.05) is 17.2 Å². The second kappa shape index (κ2) is 21.7. The summed E-state index contributed by atoms with van der Waals surface area (Å²) in [6.07, 6.45) is -52.8. The molecule has 8 aromatic rings. The molecule has 0 aliphatic carbocycles. The van der Waals surface area contributed by atoms with Crippen LogP contribution in [0.5, 0.6) is 0 Å². The molecule has 1 heterocycles. The van der Waals surface area contributed by atoms with Crippen molar-refractivity contribution in [1.82, 2.24) is 0 Å². The molecule has 0 radical (unpaired) electrons. The van der Waals surface area contributed by atoms with Crippen molar-refractivity contribution in [3.63, 3.8) is 0 Å². The van der Waals surface area contributed by atoms with Crippen molar-refractivity contribution >= 4 is 44.6 Å². The molecule has 0 N–H and O–H groups in total. The molecule has 2 nitrogen and oxygen atoms in total. The highest BCUT2D eigenvalue weighted by molar-refractivity contribution is 7.20. The summed E-state index contributed by atoms with van der Waals surface area (Å²) in [7, 11) is 0. The zero-order chi connectivity index (χ0) is 61.0. The minimum Gasteiger partial charge on any atom is -0.287 e. The van der Waals surface area contributed by atoms with E-state index in [0.717, 1.165) is 22.2 Å². The Morgan fingerprint density at radius 2 is 0.598 bits per heavy atom. The summed E-state index contributed by atoms with van der Waals surface area (Å²) in [5.74, 6) is 0.109. The third-order valence-corrected chi connectivity index (χ3v) is 12.8. The minimum absolute atomic E-state index is 0.109. The molecule has 0 spiro atoms. The summed E-state index contributed by atoms with van der Waals surface area (Å²) >= 11 is 0. The number of carbonyl (C=O) groups is 1. The average molecular weight is 1190 g/mol. The number of rotatable bonds is 8. The largest absolute Gasteiger partial charge is 0.416 e. The normalized spacial score (nSPS) is 13.2. The number of hydrogen-bond acceptors (Lipinski definition) is 1. The van der Waals surface area contributed by atoms with Gasteiger partial charge in [0.05, 0.1) is 49.9 Å². The monoisotopic (exact) mass is 1190 g/mol. The first-order valence-electron chi connectivity index (χ1n) is 23.0. The van der Waals surface area contributed by atoms with Crippen LogP contribution in [0.15, 0.2) is 170 Å². The molecule has 0 atom stereocenters. The Hall–Kier alpha value is -8.00. The van der Waals surface area contributed by atoms with Crippen LogP contribution < -0.4 is 26.4 Å². The summed E-state index contributed by atoms with van der Waals surface area (Å²) in [5, 5.41) is 2.32. The number of hydrogen-bond donors (Lipinski definition) is 0. The van der Waals surface area contributed by atoms with Crippen molar-refractivity contribution in [2.24, 2.45) is 0 Å². The van der Waals surface area contributed by atoms with Gasteiger partial charge >= 0.3 is 49.4 Å². The van der Waals surface area contributed by atoms with Crippen LogP contribution in [0.25, 0.3) is 22.0 Å². The van der Waals surface area contributed by atoms with E-state index in [4.69, 9.17) is 0 Å². The average Bonchev–Trinajstić information content (AvgIpc) is 3.29. The Bertz CT molecular complexity index is 3190. The lowest BCUT2D eigenvalue weighted by molar-refractivity contribution is -0.671. The van der Waals surface area contributed by atoms with Crippen LogP contribution in [0.1, 0.15) is 54.9 Å². The summed E-state index contributed by atoms with van der Waals surface area (Å²) < 4.78 is 343. The Balaban J connectivity index is 0.000000318. The van der Waals surface area contributed by atoms with Crippen LogP contribution in [0.3, 0.4) is 0 Å². The molecule has 7 aromatic carbocycles. The number of fused-ring (bicyclic) bond motifs is 1. The number of alkyl halides is 24. The summed E-state index contributed by atoms with van der Waals surface area (Å²) in [5.41, 5.74) is -27.3. The van der Waals surface area contributed by atoms with Gasteiger partial charge in [-0.3, -0.25) is 4.79 Å². The Kier molecular flexibility index (Phi) is 16.3. The molecule has 1 aromatic heterocycles. The fraction of sp³-hybridized carbons (Fsp3) is 0.164. The highest BCUT2D eigenvalue weighted by Crippen LogP contribution is 2.42. The summed E-state index contributed by atoms with van der Waals surface area (Å²) in [6, 6.07) is 21.3. The van der Waals surface area contributed by atoms with Gasteiger partial charge in [0.2, 0.25) is 18.0 Å². The molecular formula is C55H30BF24NO. The van der Waals surface area contributed by atoms with Crippen molar-refractivity contribution < 1.29 is 115 Å². The molecular weight excluding hydrogens is 1160 g/mol. The van der Waals surface area contributed by atoms with Crippen LogP contribution in [0.4, 0.5) is 105 Å². The molecule has 0 saturated carbocycles. The van der Waals surface area contributed by atoms with Gasteiger partial charge in [-0.1, -0.05) is 115 Å². The van der Waals surface area contributed by atoms with E-state index >= 15 is 0 Å². The predicted octanol–water partition coefficient (Wildman–Crippen LogP) is 15.9. The molecule has 432 valence electrons. The van der Waals surface area contributed by atoms with Gasteiger partial charge in [0.1, 0.15) is 6.15 Å². The Morgan fingerprint density at radius 3 is 0.890 bits per heavy atom. The number of aromatic nitrogens is 1. The molecule has 0 amide bonds. The highest BCUT2D eigenvalue weighted by Gasteiger charge is 2.47. The molecule has 27 heteroatoms. The van der Waals surface area contributed by atoms with E-state index in [1.54, 1.807) is 0 Å². The molecule has 0 fully saturated rings. The lowest BCUT2D eigenvalue weighted by Gasteiger charge is -2.46. The Morgan fingerprint density at radius 1 is 0.329 bits per heavy atom. The lowest BCUT2D eigenvalue weighted by atomic mass is 9.12. The third-order valence-electron chi connectivity index (χ3n) is 12.8. The smallest absolute Gasteiger partial charge is 0.287 e. The molecule has 0 saturated heterocycles. The van der Waals surface area contributed by atoms with Crippen LogP contribution in [0, 0.1) is 0 Å². The molecule has 0 bridgehead atoms. The molecule has 0 aliphatic rings. The molecule has 8 rings (SSSR count). The maximum absolute atomic E-state index is 14.2. The first kappa shape index (κ1) is 61.6. The fourth-order valence-corrected chi connectivity index (χ4v) is 9.25. The van der Waals surface area contributed by atoms with E-state index in [1.807, 2.05) is 71.4 Å². The first-order valence-corrected chi connectivity index (χ1v) is 23.0. The van der Waals surface area contributed by atoms with E-state index in [-0.39, 0.29) is 5.78 Å². The summed E-state index contributed by atoms with van der Waals surface area (Å²) in [6.45, 7) is 0.319. The van der Waals surface area contributed by atoms with Crippen molar-refractivity contribution in [3.8, 4) is 11.3 Å². The first-order chi connectivity index (χ1) is 37.6. The van der Waals surface area contributed by atoms with E-state index in [0.29, 0.717) is 6.54 Å². The number of carbonyl (C=O) groups excluding carboxylic acids is 1. The van der Waals surface area contributed by atoms with E-state index in [1.165, 1.54) is 5.39 Å². The van der Waals surface area contributed by atoms with Gasteiger partial charge in [-0.05, 0) is 47.9 Å². The minimum atomic E-state index is -6.13.